The van der Waals surface area contributed by atoms with Gasteiger partial charge in [-0.2, -0.15) is 0 Å². The average Bonchev–Trinajstić information content (AvgIpc) is 3.38. The van der Waals surface area contributed by atoms with Gasteiger partial charge in [-0.05, 0) is 55.6 Å². The summed E-state index contributed by atoms with van der Waals surface area (Å²) in [6, 6.07) is 10.3. The molecule has 148 valence electrons. The SMILES string of the molecule is CNC1CCN(C(=O)c2nc(-c3cccs3)n(-c3ccc(F)cc3)n2)CC1.Cl. The van der Waals surface area contributed by atoms with E-state index in [1.165, 1.54) is 23.5 Å². The van der Waals surface area contributed by atoms with Gasteiger partial charge in [-0.3, -0.25) is 4.79 Å². The van der Waals surface area contributed by atoms with Crippen LogP contribution >= 0.6 is 23.7 Å². The second-order valence-corrected chi connectivity index (χ2v) is 7.43. The van der Waals surface area contributed by atoms with Crippen LogP contribution in [0.4, 0.5) is 4.39 Å². The lowest BCUT2D eigenvalue weighted by molar-refractivity contribution is 0.0695. The normalized spacial score (nSPS) is 14.7. The van der Waals surface area contributed by atoms with Crippen molar-refractivity contribution in [1.29, 1.82) is 0 Å². The lowest BCUT2D eigenvalue weighted by Gasteiger charge is -2.30. The van der Waals surface area contributed by atoms with Gasteiger partial charge < -0.3 is 10.2 Å². The van der Waals surface area contributed by atoms with Crippen molar-refractivity contribution in [2.75, 3.05) is 20.1 Å². The van der Waals surface area contributed by atoms with Gasteiger partial charge in [-0.25, -0.2) is 14.1 Å². The Labute approximate surface area is 172 Å². The number of carbonyl (C=O) groups excluding carboxylic acids is 1. The van der Waals surface area contributed by atoms with E-state index >= 15 is 0 Å². The molecule has 4 rings (SSSR count). The Kier molecular flexibility index (Phi) is 6.43. The fourth-order valence-electron chi connectivity index (χ4n) is 3.24. The lowest BCUT2D eigenvalue weighted by Crippen LogP contribution is -2.44. The number of hydrogen-bond donors (Lipinski definition) is 1. The summed E-state index contributed by atoms with van der Waals surface area (Å²) in [5.74, 6) is 0.277. The van der Waals surface area contributed by atoms with Crippen LogP contribution in [0.1, 0.15) is 23.5 Å². The molecular formula is C19H21ClFN5OS. The Hall–Kier alpha value is -2.29. The maximum Gasteiger partial charge on any atom is 0.293 e. The van der Waals surface area contributed by atoms with E-state index in [1.54, 1.807) is 21.7 Å². The number of benzene rings is 1. The van der Waals surface area contributed by atoms with Gasteiger partial charge in [0.15, 0.2) is 5.82 Å². The van der Waals surface area contributed by atoms with Crippen molar-refractivity contribution in [2.24, 2.45) is 0 Å². The quantitative estimate of drug-likeness (QED) is 0.701. The molecule has 0 aliphatic carbocycles. The molecular weight excluding hydrogens is 401 g/mol. The standard InChI is InChI=1S/C19H20FN5OS.ClH/c1-21-14-8-10-24(11-9-14)19(26)17-22-18(16-3-2-12-27-16)25(23-17)15-6-4-13(20)5-7-15;/h2-7,12,14,21H,8-11H2,1H3;1H. The predicted octanol–water partition coefficient (Wildman–Crippen LogP) is 3.38. The van der Waals surface area contributed by atoms with Gasteiger partial charge in [0, 0.05) is 19.1 Å². The minimum Gasteiger partial charge on any atom is -0.336 e. The van der Waals surface area contributed by atoms with Crippen molar-refractivity contribution in [3.05, 3.63) is 53.4 Å². The first kappa shape index (κ1) is 20.4. The van der Waals surface area contributed by atoms with Gasteiger partial charge in [-0.15, -0.1) is 28.8 Å². The van der Waals surface area contributed by atoms with Crippen LogP contribution in [0, 0.1) is 5.82 Å². The van der Waals surface area contributed by atoms with E-state index in [2.05, 4.69) is 15.4 Å². The predicted molar refractivity (Wildman–Crippen MR) is 110 cm³/mol. The Morgan fingerprint density at radius 3 is 2.54 bits per heavy atom. The third kappa shape index (κ3) is 4.09. The molecule has 1 N–H and O–H groups in total. The summed E-state index contributed by atoms with van der Waals surface area (Å²) >= 11 is 1.52. The van der Waals surface area contributed by atoms with E-state index in [0.717, 1.165) is 17.7 Å². The first-order valence-corrected chi connectivity index (χ1v) is 9.77. The van der Waals surface area contributed by atoms with Crippen LogP contribution in [-0.4, -0.2) is 51.8 Å². The second-order valence-electron chi connectivity index (χ2n) is 6.48. The second kappa shape index (κ2) is 8.81. The van der Waals surface area contributed by atoms with Crippen molar-refractivity contribution >= 4 is 29.7 Å². The molecule has 0 bridgehead atoms. The topological polar surface area (TPSA) is 63.1 Å². The molecule has 6 nitrogen and oxygen atoms in total. The van der Waals surface area contributed by atoms with Gasteiger partial charge in [0.1, 0.15) is 5.82 Å². The van der Waals surface area contributed by atoms with Crippen LogP contribution in [-0.2, 0) is 0 Å². The van der Waals surface area contributed by atoms with Gasteiger partial charge in [-0.1, -0.05) is 6.07 Å². The first-order chi connectivity index (χ1) is 13.2. The molecule has 1 aliphatic heterocycles. The number of piperidine rings is 1. The fourth-order valence-corrected chi connectivity index (χ4v) is 3.94. The summed E-state index contributed by atoms with van der Waals surface area (Å²) in [5.41, 5.74) is 0.667. The number of halogens is 2. The fraction of sp³-hybridized carbons (Fsp3) is 0.316. The number of likely N-dealkylation sites (tertiary alicyclic amines) is 1. The van der Waals surface area contributed by atoms with Crippen LogP contribution < -0.4 is 5.32 Å². The molecule has 1 fully saturated rings. The number of carbonyl (C=O) groups is 1. The summed E-state index contributed by atoms with van der Waals surface area (Å²) < 4.78 is 14.9. The molecule has 1 saturated heterocycles. The molecule has 28 heavy (non-hydrogen) atoms. The zero-order valence-corrected chi connectivity index (χ0v) is 17.0. The van der Waals surface area contributed by atoms with E-state index in [4.69, 9.17) is 0 Å². The summed E-state index contributed by atoms with van der Waals surface area (Å²) in [7, 11) is 1.95. The van der Waals surface area contributed by atoms with Crippen molar-refractivity contribution < 1.29 is 9.18 Å². The maximum atomic E-state index is 13.3. The van der Waals surface area contributed by atoms with E-state index in [9.17, 15) is 9.18 Å². The molecule has 0 saturated carbocycles. The summed E-state index contributed by atoms with van der Waals surface area (Å²) in [6.45, 7) is 1.37. The van der Waals surface area contributed by atoms with Crippen molar-refractivity contribution in [3.63, 3.8) is 0 Å². The third-order valence-corrected chi connectivity index (χ3v) is 5.67. The average molecular weight is 422 g/mol. The van der Waals surface area contributed by atoms with Crippen LogP contribution in [0.2, 0.25) is 0 Å². The summed E-state index contributed by atoms with van der Waals surface area (Å²) in [4.78, 5) is 20.2. The zero-order valence-electron chi connectivity index (χ0n) is 15.3. The number of aromatic nitrogens is 3. The third-order valence-electron chi connectivity index (χ3n) is 4.80. The van der Waals surface area contributed by atoms with Crippen LogP contribution in [0.15, 0.2) is 41.8 Å². The largest absolute Gasteiger partial charge is 0.336 e. The molecule has 0 atom stereocenters. The number of rotatable bonds is 4. The van der Waals surface area contributed by atoms with E-state index in [0.29, 0.717) is 30.6 Å². The Morgan fingerprint density at radius 1 is 1.21 bits per heavy atom. The molecule has 3 heterocycles. The number of thiophene rings is 1. The zero-order chi connectivity index (χ0) is 18.8. The van der Waals surface area contributed by atoms with Crippen molar-refractivity contribution in [3.8, 4) is 16.4 Å². The van der Waals surface area contributed by atoms with Crippen LogP contribution in [0.25, 0.3) is 16.4 Å². The van der Waals surface area contributed by atoms with Gasteiger partial charge in [0.2, 0.25) is 5.82 Å². The molecule has 1 aliphatic rings. The Bertz CT molecular complexity index is 920. The molecule has 0 unspecified atom stereocenters. The van der Waals surface area contributed by atoms with Gasteiger partial charge in [0.25, 0.3) is 5.91 Å². The molecule has 1 amide bonds. The molecule has 2 aromatic heterocycles. The molecule has 0 spiro atoms. The highest BCUT2D eigenvalue weighted by molar-refractivity contribution is 7.13. The Balaban J connectivity index is 0.00000225. The Morgan fingerprint density at radius 2 is 1.93 bits per heavy atom. The lowest BCUT2D eigenvalue weighted by atomic mass is 10.1. The summed E-state index contributed by atoms with van der Waals surface area (Å²) in [5, 5.41) is 9.67. The van der Waals surface area contributed by atoms with Crippen molar-refractivity contribution in [2.45, 2.75) is 18.9 Å². The maximum absolute atomic E-state index is 13.3. The minimum atomic E-state index is -0.319. The summed E-state index contributed by atoms with van der Waals surface area (Å²) in [6.07, 6.45) is 1.83. The van der Waals surface area contributed by atoms with E-state index < -0.39 is 0 Å². The molecule has 3 aromatic rings. The number of hydrogen-bond acceptors (Lipinski definition) is 5. The molecule has 0 radical (unpaired) electrons. The number of nitrogens with one attached hydrogen (secondary N) is 1. The monoisotopic (exact) mass is 421 g/mol. The van der Waals surface area contributed by atoms with Crippen LogP contribution in [0.5, 0.6) is 0 Å². The van der Waals surface area contributed by atoms with Crippen LogP contribution in [0.3, 0.4) is 0 Å². The van der Waals surface area contributed by atoms with Crippen molar-refractivity contribution in [1.82, 2.24) is 25.0 Å². The molecule has 9 heteroatoms. The number of amides is 1. The smallest absolute Gasteiger partial charge is 0.293 e. The van der Waals surface area contributed by atoms with E-state index in [1.807, 2.05) is 24.6 Å². The number of nitrogens with zero attached hydrogens (tertiary/aromatic N) is 4. The highest BCUT2D eigenvalue weighted by Gasteiger charge is 2.27. The highest BCUT2D eigenvalue weighted by atomic mass is 35.5. The van der Waals surface area contributed by atoms with Gasteiger partial charge in [0.05, 0.1) is 10.6 Å². The van der Waals surface area contributed by atoms with Gasteiger partial charge >= 0.3 is 0 Å². The highest BCUT2D eigenvalue weighted by Crippen LogP contribution is 2.26. The minimum absolute atomic E-state index is 0. The first-order valence-electron chi connectivity index (χ1n) is 8.89. The van der Waals surface area contributed by atoms with E-state index in [-0.39, 0.29) is 30.0 Å². The molecule has 1 aromatic carbocycles.